The second-order valence-electron chi connectivity index (χ2n) is 5.53. The van der Waals surface area contributed by atoms with Crippen LogP contribution in [0.3, 0.4) is 0 Å². The lowest BCUT2D eigenvalue weighted by Gasteiger charge is -2.10. The lowest BCUT2D eigenvalue weighted by atomic mass is 10.1. The van der Waals surface area contributed by atoms with Gasteiger partial charge in [0, 0.05) is 31.5 Å². The van der Waals surface area contributed by atoms with Crippen molar-refractivity contribution in [2.75, 3.05) is 0 Å². The molecule has 0 bridgehead atoms. The van der Waals surface area contributed by atoms with E-state index in [2.05, 4.69) is 4.98 Å². The Hall–Kier alpha value is -1.98. The van der Waals surface area contributed by atoms with E-state index >= 15 is 0 Å². The molecule has 1 aromatic carbocycles. The van der Waals surface area contributed by atoms with E-state index < -0.39 is 17.6 Å². The number of benzene rings is 1. The second-order valence-corrected chi connectivity index (χ2v) is 5.53. The number of rotatable bonds is 6. The van der Waals surface area contributed by atoms with E-state index in [0.717, 1.165) is 18.0 Å². The highest BCUT2D eigenvalue weighted by atomic mass is 19.2. The zero-order valence-corrected chi connectivity index (χ0v) is 12.1. The van der Waals surface area contributed by atoms with E-state index in [4.69, 9.17) is 5.11 Å². The molecule has 0 saturated carbocycles. The van der Waals surface area contributed by atoms with E-state index in [1.54, 1.807) is 4.57 Å². The molecule has 0 amide bonds. The second kappa shape index (κ2) is 6.20. The number of nitrogens with zero attached hydrogens (tertiary/aromatic N) is 2. The third-order valence-corrected chi connectivity index (χ3v) is 3.23. The van der Waals surface area contributed by atoms with Crippen molar-refractivity contribution in [2.24, 2.45) is 5.92 Å². The standard InChI is InChI=1S/C15H18F2N2O2/c1-9(2)6-14-18-12-7-10(16)11(17)8-13(12)19(14)5-3-4-15(20)21/h7-9H,3-6H2,1-2H3,(H,20,21). The van der Waals surface area contributed by atoms with Gasteiger partial charge in [-0.1, -0.05) is 13.8 Å². The van der Waals surface area contributed by atoms with Crippen LogP contribution in [-0.4, -0.2) is 20.6 Å². The monoisotopic (exact) mass is 296 g/mol. The molecule has 4 nitrogen and oxygen atoms in total. The fraction of sp³-hybridized carbons (Fsp3) is 0.467. The molecule has 2 aromatic rings. The molecule has 2 rings (SSSR count). The molecule has 0 radical (unpaired) electrons. The van der Waals surface area contributed by atoms with E-state index in [9.17, 15) is 13.6 Å². The first-order valence-corrected chi connectivity index (χ1v) is 6.94. The summed E-state index contributed by atoms with van der Waals surface area (Å²) in [7, 11) is 0. The van der Waals surface area contributed by atoms with Crippen LogP contribution in [0, 0.1) is 17.6 Å². The highest BCUT2D eigenvalue weighted by molar-refractivity contribution is 5.76. The summed E-state index contributed by atoms with van der Waals surface area (Å²) in [5.74, 6) is -1.64. The van der Waals surface area contributed by atoms with Crippen molar-refractivity contribution < 1.29 is 18.7 Å². The van der Waals surface area contributed by atoms with Crippen molar-refractivity contribution >= 4 is 17.0 Å². The highest BCUT2D eigenvalue weighted by Gasteiger charge is 2.15. The van der Waals surface area contributed by atoms with Crippen LogP contribution in [0.15, 0.2) is 12.1 Å². The number of fused-ring (bicyclic) bond motifs is 1. The van der Waals surface area contributed by atoms with Gasteiger partial charge in [-0.15, -0.1) is 0 Å². The minimum absolute atomic E-state index is 0.0322. The fourth-order valence-corrected chi connectivity index (χ4v) is 2.33. The summed E-state index contributed by atoms with van der Waals surface area (Å²) in [6.45, 7) is 4.49. The molecular weight excluding hydrogens is 278 g/mol. The molecule has 0 aliphatic carbocycles. The number of carboxylic acids is 1. The Morgan fingerprint density at radius 1 is 1.33 bits per heavy atom. The van der Waals surface area contributed by atoms with Gasteiger partial charge in [-0.25, -0.2) is 13.8 Å². The maximum atomic E-state index is 13.4. The summed E-state index contributed by atoms with van der Waals surface area (Å²) in [6, 6.07) is 2.21. The third kappa shape index (κ3) is 3.56. The molecule has 0 saturated heterocycles. The van der Waals surface area contributed by atoms with Crippen molar-refractivity contribution in [3.8, 4) is 0 Å². The minimum atomic E-state index is -0.922. The molecule has 0 fully saturated rings. The Labute approximate surface area is 121 Å². The zero-order chi connectivity index (χ0) is 15.6. The van der Waals surface area contributed by atoms with Crippen LogP contribution >= 0.6 is 0 Å². The van der Waals surface area contributed by atoms with Crippen molar-refractivity contribution in [1.82, 2.24) is 9.55 Å². The Morgan fingerprint density at radius 2 is 2.00 bits per heavy atom. The number of aryl methyl sites for hydroxylation is 1. The Balaban J connectivity index is 2.41. The molecule has 1 N–H and O–H groups in total. The lowest BCUT2D eigenvalue weighted by molar-refractivity contribution is -0.137. The van der Waals surface area contributed by atoms with Crippen LogP contribution in [-0.2, 0) is 17.8 Å². The summed E-state index contributed by atoms with van der Waals surface area (Å²) >= 11 is 0. The summed E-state index contributed by atoms with van der Waals surface area (Å²) < 4.78 is 28.5. The Morgan fingerprint density at radius 3 is 2.62 bits per heavy atom. The average molecular weight is 296 g/mol. The number of hydrogen-bond acceptors (Lipinski definition) is 2. The number of halogens is 2. The molecule has 1 heterocycles. The van der Waals surface area contributed by atoms with Crippen LogP contribution in [0.1, 0.15) is 32.5 Å². The first-order chi connectivity index (χ1) is 9.88. The molecule has 0 atom stereocenters. The maximum absolute atomic E-state index is 13.4. The summed E-state index contributed by atoms with van der Waals surface area (Å²) in [5.41, 5.74) is 0.912. The van der Waals surface area contributed by atoms with Crippen LogP contribution in [0.2, 0.25) is 0 Å². The third-order valence-electron chi connectivity index (χ3n) is 3.23. The van der Waals surface area contributed by atoms with Crippen LogP contribution in [0.5, 0.6) is 0 Å². The first kappa shape index (κ1) is 15.4. The summed E-state index contributed by atoms with van der Waals surface area (Å²) in [6.07, 6.45) is 1.13. The number of aromatic nitrogens is 2. The number of aliphatic carboxylic acids is 1. The summed E-state index contributed by atoms with van der Waals surface area (Å²) in [5, 5.41) is 8.72. The van der Waals surface area contributed by atoms with Crippen molar-refractivity contribution in [3.05, 3.63) is 29.6 Å². The lowest BCUT2D eigenvalue weighted by Crippen LogP contribution is -2.08. The van der Waals surface area contributed by atoms with Gasteiger partial charge in [-0.05, 0) is 12.3 Å². The van der Waals surface area contributed by atoms with Gasteiger partial charge < -0.3 is 9.67 Å². The molecule has 0 unspecified atom stereocenters. The Kier molecular flexibility index (Phi) is 4.55. The van der Waals surface area contributed by atoms with Gasteiger partial charge in [-0.2, -0.15) is 0 Å². The average Bonchev–Trinajstić information content (AvgIpc) is 2.66. The van der Waals surface area contributed by atoms with E-state index in [1.807, 2.05) is 13.8 Å². The molecular formula is C15H18F2N2O2. The number of hydrogen-bond donors (Lipinski definition) is 1. The first-order valence-electron chi connectivity index (χ1n) is 6.94. The molecule has 114 valence electrons. The van der Waals surface area contributed by atoms with Crippen LogP contribution in [0.4, 0.5) is 8.78 Å². The minimum Gasteiger partial charge on any atom is -0.481 e. The van der Waals surface area contributed by atoms with E-state index in [1.165, 1.54) is 0 Å². The quantitative estimate of drug-likeness (QED) is 0.889. The molecule has 1 aromatic heterocycles. The smallest absolute Gasteiger partial charge is 0.303 e. The Bertz CT molecular complexity index is 665. The van der Waals surface area contributed by atoms with Gasteiger partial charge in [0.15, 0.2) is 11.6 Å². The van der Waals surface area contributed by atoms with Gasteiger partial charge in [0.1, 0.15) is 5.82 Å². The highest BCUT2D eigenvalue weighted by Crippen LogP contribution is 2.22. The van der Waals surface area contributed by atoms with E-state index in [-0.39, 0.29) is 6.42 Å². The normalized spacial score (nSPS) is 11.5. The summed E-state index contributed by atoms with van der Waals surface area (Å²) in [4.78, 5) is 15.0. The number of carbonyl (C=O) groups is 1. The molecule has 6 heteroatoms. The maximum Gasteiger partial charge on any atom is 0.303 e. The van der Waals surface area contributed by atoms with Crippen molar-refractivity contribution in [3.63, 3.8) is 0 Å². The van der Waals surface area contributed by atoms with Gasteiger partial charge in [0.2, 0.25) is 0 Å². The largest absolute Gasteiger partial charge is 0.481 e. The molecule has 21 heavy (non-hydrogen) atoms. The molecule has 0 aliphatic heterocycles. The molecule has 0 aliphatic rings. The fourth-order valence-electron chi connectivity index (χ4n) is 2.33. The van der Waals surface area contributed by atoms with Gasteiger partial charge in [-0.3, -0.25) is 4.79 Å². The van der Waals surface area contributed by atoms with Gasteiger partial charge in [0.25, 0.3) is 0 Å². The topological polar surface area (TPSA) is 55.1 Å². The van der Waals surface area contributed by atoms with Gasteiger partial charge >= 0.3 is 5.97 Å². The van der Waals surface area contributed by atoms with Crippen molar-refractivity contribution in [1.29, 1.82) is 0 Å². The van der Waals surface area contributed by atoms with E-state index in [0.29, 0.717) is 36.3 Å². The zero-order valence-electron chi connectivity index (χ0n) is 12.1. The van der Waals surface area contributed by atoms with Crippen molar-refractivity contribution in [2.45, 2.75) is 39.7 Å². The predicted molar refractivity (Wildman–Crippen MR) is 75.1 cm³/mol. The number of imidazole rings is 1. The van der Waals surface area contributed by atoms with Crippen LogP contribution in [0.25, 0.3) is 11.0 Å². The number of carboxylic acid groups (broad SMARTS) is 1. The van der Waals surface area contributed by atoms with Crippen LogP contribution < -0.4 is 0 Å². The van der Waals surface area contributed by atoms with Gasteiger partial charge in [0.05, 0.1) is 11.0 Å². The SMILES string of the molecule is CC(C)Cc1nc2cc(F)c(F)cc2n1CCCC(=O)O. The predicted octanol–water partition coefficient (Wildman–Crippen LogP) is 3.38. The molecule has 0 spiro atoms.